The average Bonchev–Trinajstić information content (AvgIpc) is 2.73. The van der Waals surface area contributed by atoms with Crippen molar-refractivity contribution in [1.29, 1.82) is 0 Å². The van der Waals surface area contributed by atoms with Crippen molar-refractivity contribution < 1.29 is 9.68 Å². The second kappa shape index (κ2) is 7.43. The summed E-state index contributed by atoms with van der Waals surface area (Å²) in [6.07, 6.45) is 9.80. The molecule has 162 valence electrons. The molecule has 3 nitrogen and oxygen atoms in total. The Bertz CT molecular complexity index is 1220. The monoisotopic (exact) mass is 439 g/mol. The Morgan fingerprint density at radius 1 is 0.969 bits per heavy atom. The Morgan fingerprint density at radius 2 is 1.75 bits per heavy atom. The number of allylic oxidation sites excluding steroid dienone is 5. The summed E-state index contributed by atoms with van der Waals surface area (Å²) in [4.78, 5) is 2.51. The van der Waals surface area contributed by atoms with Crippen molar-refractivity contribution in [3.8, 4) is 0 Å². The molecule has 0 unspecified atom stereocenters. The summed E-state index contributed by atoms with van der Waals surface area (Å²) in [5.74, 6) is 0. The van der Waals surface area contributed by atoms with Crippen LogP contribution in [0.1, 0.15) is 29.5 Å². The first-order chi connectivity index (χ1) is 15.6. The van der Waals surface area contributed by atoms with Crippen LogP contribution in [0.3, 0.4) is 0 Å². The van der Waals surface area contributed by atoms with Crippen molar-refractivity contribution in [3.63, 3.8) is 0 Å². The first-order valence-corrected chi connectivity index (χ1v) is 14.9. The van der Waals surface area contributed by atoms with Gasteiger partial charge in [0.15, 0.2) is 5.71 Å². The van der Waals surface area contributed by atoms with E-state index >= 15 is 0 Å². The highest BCUT2D eigenvalue weighted by Gasteiger charge is 2.41. The van der Waals surface area contributed by atoms with Gasteiger partial charge in [-0.1, -0.05) is 43.4 Å². The molecule has 1 N–H and O–H groups in total. The molecule has 0 spiro atoms. The predicted molar refractivity (Wildman–Crippen MR) is 136 cm³/mol. The number of rotatable bonds is 3. The largest absolute Gasteiger partial charge is 0.392 e. The predicted octanol–water partition coefficient (Wildman–Crippen LogP) is 4.01. The van der Waals surface area contributed by atoms with E-state index in [0.29, 0.717) is 0 Å². The maximum atomic E-state index is 9.54. The molecule has 3 heterocycles. The standard InChI is InChI=1S/C28H31N2OSi/c1-32(2)26-17-22(29-13-3-14-29)9-11-24(26)28(21-7-5-20(19-31)6-8-21)25-12-10-23(18-27(25)32)30-15-4-16-30/h5-12,17-18,31H,3-4,13-16,19H2,1-2H3/q+1. The van der Waals surface area contributed by atoms with Gasteiger partial charge in [0.05, 0.1) is 13.0 Å². The van der Waals surface area contributed by atoms with Crippen LogP contribution in [0.15, 0.2) is 71.5 Å². The summed E-state index contributed by atoms with van der Waals surface area (Å²) in [7, 11) is -1.87. The van der Waals surface area contributed by atoms with Crippen LogP contribution in [0.4, 0.5) is 5.69 Å². The van der Waals surface area contributed by atoms with Crippen molar-refractivity contribution in [2.75, 3.05) is 31.1 Å². The lowest BCUT2D eigenvalue weighted by Crippen LogP contribution is -2.50. The van der Waals surface area contributed by atoms with Gasteiger partial charge in [-0.3, -0.25) is 0 Å². The average molecular weight is 440 g/mol. The summed E-state index contributed by atoms with van der Waals surface area (Å²) in [5.41, 5.74) is 9.10. The fourth-order valence-electron chi connectivity index (χ4n) is 5.45. The van der Waals surface area contributed by atoms with Crippen molar-refractivity contribution in [3.05, 3.63) is 88.2 Å². The third-order valence-electron chi connectivity index (χ3n) is 7.76. The van der Waals surface area contributed by atoms with Crippen LogP contribution < -0.4 is 10.1 Å². The second-order valence-electron chi connectivity index (χ2n) is 10.00. The van der Waals surface area contributed by atoms with Crippen molar-refractivity contribution >= 4 is 30.2 Å². The molecular formula is C28H31N2OSi+. The number of benzene rings is 2. The lowest BCUT2D eigenvalue weighted by atomic mass is 9.89. The SMILES string of the molecule is C[Si]1(C)C2=CC(=[N+]3CCC3)C=CC2=C(c2ccc(CO)cc2)c2ccc(N3CCC3)cc21. The van der Waals surface area contributed by atoms with E-state index in [1.807, 2.05) is 0 Å². The Morgan fingerprint density at radius 3 is 2.38 bits per heavy atom. The van der Waals surface area contributed by atoms with Crippen LogP contribution in [-0.2, 0) is 6.61 Å². The van der Waals surface area contributed by atoms with E-state index in [2.05, 4.69) is 83.3 Å². The lowest BCUT2D eigenvalue weighted by molar-refractivity contribution is -0.582. The zero-order valence-electron chi connectivity index (χ0n) is 19.1. The Hall–Kier alpha value is -2.69. The van der Waals surface area contributed by atoms with Crippen LogP contribution >= 0.6 is 0 Å². The fourth-order valence-corrected chi connectivity index (χ4v) is 8.53. The van der Waals surface area contributed by atoms with E-state index in [1.54, 1.807) is 10.4 Å². The quantitative estimate of drug-likeness (QED) is 0.578. The van der Waals surface area contributed by atoms with E-state index in [4.69, 9.17) is 0 Å². The van der Waals surface area contributed by atoms with E-state index in [-0.39, 0.29) is 6.61 Å². The smallest absolute Gasteiger partial charge is 0.199 e. The number of aliphatic hydroxyl groups excluding tert-OH is 1. The minimum Gasteiger partial charge on any atom is -0.392 e. The molecule has 2 aromatic rings. The first kappa shape index (κ1) is 20.0. The minimum atomic E-state index is -1.87. The molecule has 0 aromatic heterocycles. The summed E-state index contributed by atoms with van der Waals surface area (Å²) >= 11 is 0. The summed E-state index contributed by atoms with van der Waals surface area (Å²) in [6, 6.07) is 15.7. The third kappa shape index (κ3) is 3.00. The van der Waals surface area contributed by atoms with Gasteiger partial charge in [0.1, 0.15) is 21.2 Å². The van der Waals surface area contributed by atoms with Gasteiger partial charge < -0.3 is 10.0 Å². The zero-order chi connectivity index (χ0) is 21.9. The normalized spacial score (nSPS) is 21.0. The molecule has 0 saturated carbocycles. The maximum Gasteiger partial charge on any atom is 0.199 e. The lowest BCUT2D eigenvalue weighted by Gasteiger charge is -2.40. The number of fused-ring (bicyclic) bond motifs is 2. The second-order valence-corrected chi connectivity index (χ2v) is 14.3. The van der Waals surface area contributed by atoms with Crippen LogP contribution in [-0.4, -0.2) is 49.6 Å². The van der Waals surface area contributed by atoms with E-state index in [0.717, 1.165) is 5.56 Å². The van der Waals surface area contributed by atoms with Gasteiger partial charge in [-0.2, -0.15) is 0 Å². The number of hydrogen-bond acceptors (Lipinski definition) is 2. The van der Waals surface area contributed by atoms with Crippen molar-refractivity contribution in [2.24, 2.45) is 0 Å². The Kier molecular flexibility index (Phi) is 4.63. The van der Waals surface area contributed by atoms with Gasteiger partial charge >= 0.3 is 0 Å². The van der Waals surface area contributed by atoms with Gasteiger partial charge in [0.25, 0.3) is 0 Å². The fraction of sp³-hybridized carbons (Fsp3) is 0.321. The molecule has 32 heavy (non-hydrogen) atoms. The van der Waals surface area contributed by atoms with Gasteiger partial charge in [0, 0.05) is 30.9 Å². The number of hydrogen-bond donors (Lipinski definition) is 1. The molecule has 2 fully saturated rings. The molecule has 6 rings (SSSR count). The molecule has 0 amide bonds. The summed E-state index contributed by atoms with van der Waals surface area (Å²) in [5, 5.41) is 12.6. The molecular weight excluding hydrogens is 408 g/mol. The topological polar surface area (TPSA) is 26.5 Å². The van der Waals surface area contributed by atoms with E-state index in [1.165, 1.54) is 72.7 Å². The van der Waals surface area contributed by atoms with Gasteiger partial charge in [-0.05, 0) is 62.8 Å². The van der Waals surface area contributed by atoms with E-state index < -0.39 is 8.07 Å². The highest BCUT2D eigenvalue weighted by atomic mass is 28.3. The van der Waals surface area contributed by atoms with Crippen molar-refractivity contribution in [1.82, 2.24) is 0 Å². The molecule has 2 aromatic carbocycles. The number of aliphatic hydroxyl groups is 1. The van der Waals surface area contributed by atoms with Crippen LogP contribution in [0, 0.1) is 0 Å². The van der Waals surface area contributed by atoms with Crippen LogP contribution in [0.25, 0.3) is 5.57 Å². The number of nitrogens with zero attached hydrogens (tertiary/aromatic N) is 2. The molecule has 0 bridgehead atoms. The van der Waals surface area contributed by atoms with Crippen molar-refractivity contribution in [2.45, 2.75) is 32.5 Å². The molecule has 4 aliphatic rings. The molecule has 4 heteroatoms. The Balaban J connectivity index is 1.59. The highest BCUT2D eigenvalue weighted by Crippen LogP contribution is 2.42. The summed E-state index contributed by atoms with van der Waals surface area (Å²) < 4.78 is 2.51. The minimum absolute atomic E-state index is 0.0844. The Labute approximate surface area is 191 Å². The molecule has 3 aliphatic heterocycles. The molecule has 0 atom stereocenters. The summed E-state index contributed by atoms with van der Waals surface area (Å²) in [6.45, 7) is 9.84. The number of anilines is 1. The van der Waals surface area contributed by atoms with Gasteiger partial charge in [0.2, 0.25) is 0 Å². The van der Waals surface area contributed by atoms with Gasteiger partial charge in [-0.15, -0.1) is 0 Å². The van der Waals surface area contributed by atoms with Gasteiger partial charge in [-0.25, -0.2) is 4.58 Å². The maximum absolute atomic E-state index is 9.54. The third-order valence-corrected chi connectivity index (χ3v) is 11.3. The molecule has 2 saturated heterocycles. The zero-order valence-corrected chi connectivity index (χ0v) is 20.1. The van der Waals surface area contributed by atoms with E-state index in [9.17, 15) is 5.11 Å². The molecule has 0 radical (unpaired) electrons. The molecule has 1 aliphatic carbocycles. The van der Waals surface area contributed by atoms with Crippen LogP contribution in [0.2, 0.25) is 13.1 Å². The highest BCUT2D eigenvalue weighted by molar-refractivity contribution is 6.98. The van der Waals surface area contributed by atoms with Crippen LogP contribution in [0.5, 0.6) is 0 Å². The first-order valence-electron chi connectivity index (χ1n) is 11.9.